The van der Waals surface area contributed by atoms with Gasteiger partial charge in [-0.3, -0.25) is 0 Å². The van der Waals surface area contributed by atoms with E-state index in [0.29, 0.717) is 5.75 Å². The Kier molecular flexibility index (Phi) is 12.5. The Bertz CT molecular complexity index is 173. The van der Waals surface area contributed by atoms with Gasteiger partial charge in [-0.1, -0.05) is 33.1 Å². The molecule has 0 bridgehead atoms. The van der Waals surface area contributed by atoms with Crippen LogP contribution in [0.25, 0.3) is 0 Å². The van der Waals surface area contributed by atoms with E-state index in [1.54, 1.807) is 0 Å². The summed E-state index contributed by atoms with van der Waals surface area (Å²) in [5.41, 5.74) is -3.48. The van der Waals surface area contributed by atoms with E-state index in [0.717, 1.165) is 30.1 Å². The molecule has 0 rings (SSSR count). The van der Waals surface area contributed by atoms with Gasteiger partial charge in [-0.25, -0.2) is 0 Å². The largest absolute Gasteiger partial charge is 2.00 e. The van der Waals surface area contributed by atoms with Crippen LogP contribution in [0.1, 0.15) is 39.5 Å². The Balaban J connectivity index is 0. The van der Waals surface area contributed by atoms with Crippen LogP contribution < -0.4 is 9.79 Å². The first-order chi connectivity index (χ1) is 5.92. The van der Waals surface area contributed by atoms with Gasteiger partial charge < -0.3 is 9.79 Å². The van der Waals surface area contributed by atoms with Crippen molar-refractivity contribution in [2.75, 3.05) is 5.75 Å². The van der Waals surface area contributed by atoms with Gasteiger partial charge in [0.25, 0.3) is 0 Å². The SMILES string of the molecule is CC(C)CCCCCSP([O-])([O-])=S.[Zn+2]. The maximum absolute atomic E-state index is 10.6. The van der Waals surface area contributed by atoms with Crippen LogP contribution in [-0.2, 0) is 31.3 Å². The van der Waals surface area contributed by atoms with Gasteiger partial charge in [0.1, 0.15) is 0 Å². The second-order valence-corrected chi connectivity index (χ2v) is 9.44. The molecule has 0 heterocycles. The third kappa shape index (κ3) is 16.0. The molecule has 0 fully saturated rings. The van der Waals surface area contributed by atoms with Crippen LogP contribution in [0, 0.1) is 5.92 Å². The third-order valence-electron chi connectivity index (χ3n) is 1.68. The average molecular weight is 306 g/mol. The van der Waals surface area contributed by atoms with Crippen LogP contribution >= 0.6 is 17.1 Å². The minimum absolute atomic E-state index is 0. The molecule has 0 unspecified atom stereocenters. The number of unbranched alkanes of at least 4 members (excludes halogenated alkanes) is 2. The van der Waals surface area contributed by atoms with Crippen molar-refractivity contribution in [3.05, 3.63) is 0 Å². The molecule has 14 heavy (non-hydrogen) atoms. The normalized spacial score (nSPS) is 11.5. The summed E-state index contributed by atoms with van der Waals surface area (Å²) in [6, 6.07) is 0. The number of hydrogen-bond acceptors (Lipinski definition) is 4. The zero-order valence-corrected chi connectivity index (χ0v) is 14.4. The molecule has 0 aliphatic heterocycles. The summed E-state index contributed by atoms with van der Waals surface area (Å²) in [5.74, 6) is 1.40. The molecule has 0 atom stereocenters. The van der Waals surface area contributed by atoms with E-state index in [1.807, 2.05) is 0 Å². The first-order valence-electron chi connectivity index (χ1n) is 4.58. The number of rotatable bonds is 7. The fraction of sp³-hybridized carbons (Fsp3) is 1.00. The summed E-state index contributed by atoms with van der Waals surface area (Å²) in [6.07, 6.45) is 4.49. The number of hydrogen-bond donors (Lipinski definition) is 0. The van der Waals surface area contributed by atoms with Gasteiger partial charge in [0.2, 0.25) is 0 Å². The van der Waals surface area contributed by atoms with Gasteiger partial charge in [0.05, 0.1) is 0 Å². The molecule has 0 aromatic carbocycles. The van der Waals surface area contributed by atoms with E-state index in [2.05, 4.69) is 25.7 Å². The second kappa shape index (κ2) is 9.75. The molecular weight excluding hydrogens is 289 g/mol. The van der Waals surface area contributed by atoms with Crippen molar-refractivity contribution >= 4 is 28.9 Å². The fourth-order valence-corrected chi connectivity index (χ4v) is 3.29. The van der Waals surface area contributed by atoms with Crippen molar-refractivity contribution in [2.24, 2.45) is 5.92 Å². The Morgan fingerprint density at radius 1 is 1.21 bits per heavy atom. The van der Waals surface area contributed by atoms with Gasteiger partial charge in [-0.2, -0.15) is 17.1 Å². The van der Waals surface area contributed by atoms with Gasteiger partial charge in [0, 0.05) is 0 Å². The second-order valence-electron chi connectivity index (χ2n) is 3.52. The molecule has 2 nitrogen and oxygen atoms in total. The molecule has 6 heteroatoms. The molecule has 0 aliphatic carbocycles. The first-order valence-corrected chi connectivity index (χ1v) is 8.81. The first kappa shape index (κ1) is 17.9. The Morgan fingerprint density at radius 3 is 2.21 bits per heavy atom. The molecule has 0 aliphatic rings. The van der Waals surface area contributed by atoms with E-state index in [9.17, 15) is 9.79 Å². The minimum Gasteiger partial charge on any atom is -0.825 e. The van der Waals surface area contributed by atoms with Crippen molar-refractivity contribution in [1.82, 2.24) is 0 Å². The van der Waals surface area contributed by atoms with Crippen molar-refractivity contribution in [3.63, 3.8) is 0 Å². The van der Waals surface area contributed by atoms with E-state index in [-0.39, 0.29) is 19.5 Å². The molecule has 0 aromatic rings. The maximum atomic E-state index is 10.6. The van der Waals surface area contributed by atoms with Crippen LogP contribution in [0.2, 0.25) is 0 Å². The zero-order chi connectivity index (χ0) is 10.3. The molecule has 0 amide bonds. The predicted octanol–water partition coefficient (Wildman–Crippen LogP) is 1.88. The van der Waals surface area contributed by atoms with Crippen LogP contribution in [0.5, 0.6) is 0 Å². The summed E-state index contributed by atoms with van der Waals surface area (Å²) < 4.78 is 0. The summed E-state index contributed by atoms with van der Waals surface area (Å²) in [5, 5.41) is 0. The molecule has 0 radical (unpaired) electrons. The monoisotopic (exact) mass is 304 g/mol. The van der Waals surface area contributed by atoms with E-state index >= 15 is 0 Å². The molecule has 80 valence electrons. The zero-order valence-electron chi connectivity index (χ0n) is 8.90. The molecule has 0 spiro atoms. The average Bonchev–Trinajstić information content (AvgIpc) is 1.93. The predicted molar refractivity (Wildman–Crippen MR) is 60.0 cm³/mol. The van der Waals surface area contributed by atoms with E-state index < -0.39 is 5.69 Å². The standard InChI is InChI=1S/C8H19O2PS2.Zn/c1-8(2)6-4-3-5-7-13-11(9,10)12;/h8H,3-7H2,1-2H3,(H2,9,10,12);/q;+2/p-2. The smallest absolute Gasteiger partial charge is 0.825 e. The molecule has 0 aromatic heterocycles. The Hall–Kier alpha value is 1.54. The Labute approximate surface area is 109 Å². The van der Waals surface area contributed by atoms with Gasteiger partial charge in [0.15, 0.2) is 0 Å². The van der Waals surface area contributed by atoms with Gasteiger partial charge in [-0.05, 0) is 18.1 Å². The summed E-state index contributed by atoms with van der Waals surface area (Å²) in [7, 11) is 0. The van der Waals surface area contributed by atoms with Gasteiger partial charge in [-0.15, -0.1) is 11.8 Å². The third-order valence-corrected chi connectivity index (χ3v) is 4.91. The fourth-order valence-electron chi connectivity index (χ4n) is 1.01. The van der Waals surface area contributed by atoms with Crippen molar-refractivity contribution in [3.8, 4) is 0 Å². The topological polar surface area (TPSA) is 46.1 Å². The van der Waals surface area contributed by atoms with Crippen LogP contribution in [-0.4, -0.2) is 5.75 Å². The van der Waals surface area contributed by atoms with E-state index in [1.165, 1.54) is 12.8 Å². The van der Waals surface area contributed by atoms with Gasteiger partial charge >= 0.3 is 19.5 Å². The van der Waals surface area contributed by atoms with Crippen LogP contribution in [0.15, 0.2) is 0 Å². The summed E-state index contributed by atoms with van der Waals surface area (Å²) in [4.78, 5) is 21.2. The molecule has 0 N–H and O–H groups in total. The van der Waals surface area contributed by atoms with Crippen molar-refractivity contribution in [2.45, 2.75) is 39.5 Å². The van der Waals surface area contributed by atoms with Crippen LogP contribution in [0.3, 0.4) is 0 Å². The maximum Gasteiger partial charge on any atom is 2.00 e. The van der Waals surface area contributed by atoms with Crippen LogP contribution in [0.4, 0.5) is 0 Å². The molecule has 0 saturated heterocycles. The van der Waals surface area contributed by atoms with Crippen molar-refractivity contribution in [1.29, 1.82) is 0 Å². The molecule has 0 saturated carbocycles. The summed E-state index contributed by atoms with van der Waals surface area (Å²) >= 11 is 5.17. The summed E-state index contributed by atoms with van der Waals surface area (Å²) in [6.45, 7) is 4.40. The van der Waals surface area contributed by atoms with E-state index in [4.69, 9.17) is 0 Å². The van der Waals surface area contributed by atoms with Crippen molar-refractivity contribution < 1.29 is 29.3 Å². The Morgan fingerprint density at radius 2 is 1.79 bits per heavy atom. The quantitative estimate of drug-likeness (QED) is 0.409. The minimum atomic E-state index is -3.48. The molecular formula is C8H17O2PS2Zn.